The minimum atomic E-state index is 0.246. The number of rotatable bonds is 4. The molecular formula is C13H19Cl. The van der Waals surface area contributed by atoms with Gasteiger partial charge in [0, 0.05) is 5.38 Å². The van der Waals surface area contributed by atoms with Crippen molar-refractivity contribution in [2.45, 2.75) is 32.6 Å². The van der Waals surface area contributed by atoms with E-state index in [4.69, 9.17) is 11.6 Å². The Labute approximate surface area is 92.3 Å². The van der Waals surface area contributed by atoms with Gasteiger partial charge in [-0.05, 0) is 30.7 Å². The lowest BCUT2D eigenvalue weighted by atomic mass is 9.87. The summed E-state index contributed by atoms with van der Waals surface area (Å²) in [6.07, 6.45) is 1.09. The van der Waals surface area contributed by atoms with Crippen molar-refractivity contribution < 1.29 is 0 Å². The van der Waals surface area contributed by atoms with Crippen LogP contribution in [0.25, 0.3) is 0 Å². The van der Waals surface area contributed by atoms with Crippen LogP contribution in [-0.2, 0) is 6.42 Å². The van der Waals surface area contributed by atoms with Crippen molar-refractivity contribution in [2.24, 2.45) is 11.8 Å². The zero-order valence-corrected chi connectivity index (χ0v) is 9.96. The normalized spacial score (nSPS) is 15.5. The summed E-state index contributed by atoms with van der Waals surface area (Å²) in [5.74, 6) is 1.21. The van der Waals surface area contributed by atoms with E-state index in [1.54, 1.807) is 0 Å². The van der Waals surface area contributed by atoms with E-state index in [0.717, 1.165) is 6.42 Å². The number of hydrogen-bond donors (Lipinski definition) is 0. The minimum absolute atomic E-state index is 0.246. The predicted molar refractivity (Wildman–Crippen MR) is 63.8 cm³/mol. The maximum atomic E-state index is 6.19. The highest BCUT2D eigenvalue weighted by Crippen LogP contribution is 2.24. The molecule has 0 amide bonds. The molecule has 0 aliphatic heterocycles. The molecule has 0 aromatic heterocycles. The van der Waals surface area contributed by atoms with Crippen LogP contribution >= 0.6 is 11.6 Å². The van der Waals surface area contributed by atoms with Crippen LogP contribution in [0, 0.1) is 11.8 Å². The van der Waals surface area contributed by atoms with Gasteiger partial charge < -0.3 is 0 Å². The Morgan fingerprint density at radius 1 is 1.07 bits per heavy atom. The molecule has 0 saturated carbocycles. The van der Waals surface area contributed by atoms with E-state index in [9.17, 15) is 0 Å². The molecule has 0 N–H and O–H groups in total. The van der Waals surface area contributed by atoms with Crippen LogP contribution in [0.2, 0.25) is 0 Å². The Morgan fingerprint density at radius 3 is 2.07 bits per heavy atom. The molecule has 0 radical (unpaired) electrons. The topological polar surface area (TPSA) is 0 Å². The second kappa shape index (κ2) is 5.41. The lowest BCUT2D eigenvalue weighted by molar-refractivity contribution is 0.376. The molecule has 2 unspecified atom stereocenters. The van der Waals surface area contributed by atoms with Gasteiger partial charge in [0.1, 0.15) is 0 Å². The van der Waals surface area contributed by atoms with E-state index in [1.807, 2.05) is 0 Å². The van der Waals surface area contributed by atoms with Gasteiger partial charge in [0.2, 0.25) is 0 Å². The van der Waals surface area contributed by atoms with Crippen molar-refractivity contribution in [1.82, 2.24) is 0 Å². The highest BCUT2D eigenvalue weighted by Gasteiger charge is 2.18. The van der Waals surface area contributed by atoms with Gasteiger partial charge in [0.05, 0.1) is 0 Å². The fourth-order valence-corrected chi connectivity index (χ4v) is 2.19. The highest BCUT2D eigenvalue weighted by atomic mass is 35.5. The van der Waals surface area contributed by atoms with Crippen molar-refractivity contribution >= 4 is 11.6 Å². The van der Waals surface area contributed by atoms with Crippen molar-refractivity contribution in [1.29, 1.82) is 0 Å². The smallest absolute Gasteiger partial charge is 0.0341 e. The van der Waals surface area contributed by atoms with Crippen LogP contribution in [0.5, 0.6) is 0 Å². The van der Waals surface area contributed by atoms with Crippen molar-refractivity contribution in [2.75, 3.05) is 0 Å². The molecule has 0 bridgehead atoms. The van der Waals surface area contributed by atoms with Gasteiger partial charge in [-0.3, -0.25) is 0 Å². The first-order chi connectivity index (χ1) is 6.61. The van der Waals surface area contributed by atoms with Crippen LogP contribution in [0.1, 0.15) is 26.3 Å². The Balaban J connectivity index is 2.65. The van der Waals surface area contributed by atoms with E-state index < -0.39 is 0 Å². The summed E-state index contributed by atoms with van der Waals surface area (Å²) in [5, 5.41) is 0.246. The van der Waals surface area contributed by atoms with E-state index >= 15 is 0 Å². The van der Waals surface area contributed by atoms with Gasteiger partial charge in [-0.1, -0.05) is 44.2 Å². The van der Waals surface area contributed by atoms with Crippen LogP contribution in [0.15, 0.2) is 30.3 Å². The Morgan fingerprint density at radius 2 is 1.64 bits per heavy atom. The summed E-state index contributed by atoms with van der Waals surface area (Å²) in [4.78, 5) is 0. The first-order valence-electron chi connectivity index (χ1n) is 5.29. The average molecular weight is 211 g/mol. The first kappa shape index (κ1) is 11.6. The van der Waals surface area contributed by atoms with Gasteiger partial charge in [-0.2, -0.15) is 0 Å². The maximum Gasteiger partial charge on any atom is 0.0341 e. The third kappa shape index (κ3) is 3.34. The maximum absolute atomic E-state index is 6.19. The highest BCUT2D eigenvalue weighted by molar-refractivity contribution is 6.20. The van der Waals surface area contributed by atoms with E-state index in [1.165, 1.54) is 5.56 Å². The summed E-state index contributed by atoms with van der Waals surface area (Å²) in [6.45, 7) is 6.58. The third-order valence-corrected chi connectivity index (χ3v) is 3.08. The molecule has 0 heterocycles. The molecule has 1 rings (SSSR count). The molecule has 78 valence electrons. The van der Waals surface area contributed by atoms with Gasteiger partial charge in [-0.15, -0.1) is 11.6 Å². The molecule has 0 spiro atoms. The molecule has 1 heteroatoms. The molecule has 0 fully saturated rings. The van der Waals surface area contributed by atoms with Crippen LogP contribution in [0.4, 0.5) is 0 Å². The lowest BCUT2D eigenvalue weighted by Gasteiger charge is -2.23. The molecule has 1 aromatic carbocycles. The molecule has 2 atom stereocenters. The Kier molecular flexibility index (Phi) is 4.47. The van der Waals surface area contributed by atoms with Crippen molar-refractivity contribution in [3.05, 3.63) is 35.9 Å². The predicted octanol–water partition coefficient (Wildman–Crippen LogP) is 4.13. The molecule has 0 aliphatic carbocycles. The van der Waals surface area contributed by atoms with E-state index in [0.29, 0.717) is 11.8 Å². The summed E-state index contributed by atoms with van der Waals surface area (Å²) in [7, 11) is 0. The quantitative estimate of drug-likeness (QED) is 0.656. The molecular weight excluding hydrogens is 192 g/mol. The molecule has 1 aromatic rings. The summed E-state index contributed by atoms with van der Waals surface area (Å²) in [6, 6.07) is 10.6. The largest absolute Gasteiger partial charge is 0.123 e. The van der Waals surface area contributed by atoms with E-state index in [2.05, 4.69) is 51.1 Å². The number of halogens is 1. The molecule has 0 nitrogen and oxygen atoms in total. The van der Waals surface area contributed by atoms with Crippen LogP contribution in [0.3, 0.4) is 0 Å². The number of benzene rings is 1. The first-order valence-corrected chi connectivity index (χ1v) is 5.73. The van der Waals surface area contributed by atoms with Crippen molar-refractivity contribution in [3.8, 4) is 0 Å². The van der Waals surface area contributed by atoms with Gasteiger partial charge in [0.15, 0.2) is 0 Å². The molecule has 0 aliphatic rings. The summed E-state index contributed by atoms with van der Waals surface area (Å²) < 4.78 is 0. The SMILES string of the molecule is CC(C)C(Cc1ccccc1)C(C)Cl. The second-order valence-electron chi connectivity index (χ2n) is 4.28. The van der Waals surface area contributed by atoms with Gasteiger partial charge >= 0.3 is 0 Å². The number of hydrogen-bond acceptors (Lipinski definition) is 0. The second-order valence-corrected chi connectivity index (χ2v) is 4.96. The summed E-state index contributed by atoms with van der Waals surface area (Å²) in [5.41, 5.74) is 1.39. The van der Waals surface area contributed by atoms with Crippen LogP contribution < -0.4 is 0 Å². The van der Waals surface area contributed by atoms with Gasteiger partial charge in [-0.25, -0.2) is 0 Å². The van der Waals surface area contributed by atoms with E-state index in [-0.39, 0.29) is 5.38 Å². The van der Waals surface area contributed by atoms with Crippen LogP contribution in [-0.4, -0.2) is 5.38 Å². The fourth-order valence-electron chi connectivity index (χ4n) is 1.81. The zero-order valence-electron chi connectivity index (χ0n) is 9.20. The van der Waals surface area contributed by atoms with Crippen molar-refractivity contribution in [3.63, 3.8) is 0 Å². The lowest BCUT2D eigenvalue weighted by Crippen LogP contribution is -2.20. The zero-order chi connectivity index (χ0) is 10.6. The Hall–Kier alpha value is -0.490. The molecule has 0 saturated heterocycles. The standard InChI is InChI=1S/C13H19Cl/c1-10(2)13(11(3)14)9-12-7-5-4-6-8-12/h4-8,10-11,13H,9H2,1-3H3. The third-order valence-electron chi connectivity index (χ3n) is 2.76. The minimum Gasteiger partial charge on any atom is -0.123 e. The average Bonchev–Trinajstić information content (AvgIpc) is 2.15. The Bertz CT molecular complexity index is 243. The molecule has 14 heavy (non-hydrogen) atoms. The monoisotopic (exact) mass is 210 g/mol. The number of alkyl halides is 1. The van der Waals surface area contributed by atoms with Gasteiger partial charge in [0.25, 0.3) is 0 Å². The fraction of sp³-hybridized carbons (Fsp3) is 0.538. The summed E-state index contributed by atoms with van der Waals surface area (Å²) >= 11 is 6.19.